The molecule has 1 aliphatic carbocycles. The van der Waals surface area contributed by atoms with E-state index in [1.54, 1.807) is 6.26 Å². The van der Waals surface area contributed by atoms with Crippen molar-refractivity contribution in [1.29, 1.82) is 0 Å². The van der Waals surface area contributed by atoms with Gasteiger partial charge in [0, 0.05) is 26.0 Å². The number of aliphatic hydroxyl groups is 1. The molecule has 1 aliphatic rings. The summed E-state index contributed by atoms with van der Waals surface area (Å²) in [4.78, 5) is 11.8. The highest BCUT2D eigenvalue weighted by Crippen LogP contribution is 2.29. The molecule has 1 aromatic rings. The molecule has 1 heterocycles. The second-order valence-electron chi connectivity index (χ2n) is 5.37. The van der Waals surface area contributed by atoms with E-state index >= 15 is 0 Å². The van der Waals surface area contributed by atoms with Crippen molar-refractivity contribution < 1.29 is 14.3 Å². The van der Waals surface area contributed by atoms with Crippen LogP contribution in [-0.2, 0) is 11.2 Å². The standard InChI is InChI=1S/C15H23NO3/c17-11-13-5-2-1-4-12(13)10-16-15(18)8-7-14-6-3-9-19-14/h3,6,9,12-13,17H,1-2,4-5,7-8,10-11H2,(H,16,18). The number of furan rings is 1. The van der Waals surface area contributed by atoms with E-state index in [2.05, 4.69) is 5.32 Å². The molecule has 1 aromatic heterocycles. The van der Waals surface area contributed by atoms with Crippen LogP contribution in [0.4, 0.5) is 0 Å². The maximum atomic E-state index is 11.8. The highest BCUT2D eigenvalue weighted by molar-refractivity contribution is 5.76. The van der Waals surface area contributed by atoms with Gasteiger partial charge in [0.15, 0.2) is 0 Å². The number of aryl methyl sites for hydroxylation is 1. The van der Waals surface area contributed by atoms with Crippen LogP contribution in [0.25, 0.3) is 0 Å². The van der Waals surface area contributed by atoms with Crippen molar-refractivity contribution in [3.63, 3.8) is 0 Å². The average Bonchev–Trinajstić information content (AvgIpc) is 2.96. The van der Waals surface area contributed by atoms with E-state index in [9.17, 15) is 9.90 Å². The number of hydrogen-bond acceptors (Lipinski definition) is 3. The van der Waals surface area contributed by atoms with Gasteiger partial charge in [-0.1, -0.05) is 12.8 Å². The SMILES string of the molecule is O=C(CCc1ccco1)NCC1CCCCC1CO. The van der Waals surface area contributed by atoms with Crippen LogP contribution in [0.1, 0.15) is 37.9 Å². The molecule has 0 bridgehead atoms. The quantitative estimate of drug-likeness (QED) is 0.828. The zero-order chi connectivity index (χ0) is 13.5. The Morgan fingerprint density at radius 1 is 1.37 bits per heavy atom. The Balaban J connectivity index is 1.67. The maximum absolute atomic E-state index is 11.8. The molecule has 2 N–H and O–H groups in total. The van der Waals surface area contributed by atoms with E-state index in [4.69, 9.17) is 4.42 Å². The third kappa shape index (κ3) is 4.39. The lowest BCUT2D eigenvalue weighted by atomic mass is 9.79. The van der Waals surface area contributed by atoms with E-state index < -0.39 is 0 Å². The minimum Gasteiger partial charge on any atom is -0.469 e. The zero-order valence-corrected chi connectivity index (χ0v) is 11.3. The molecule has 0 spiro atoms. The smallest absolute Gasteiger partial charge is 0.220 e. The molecule has 4 nitrogen and oxygen atoms in total. The van der Waals surface area contributed by atoms with Crippen molar-refractivity contribution in [3.05, 3.63) is 24.2 Å². The summed E-state index contributed by atoms with van der Waals surface area (Å²) in [5, 5.41) is 12.3. The van der Waals surface area contributed by atoms with Crippen molar-refractivity contribution >= 4 is 5.91 Å². The first kappa shape index (κ1) is 14.1. The minimum absolute atomic E-state index is 0.0682. The van der Waals surface area contributed by atoms with Gasteiger partial charge < -0.3 is 14.8 Å². The Hall–Kier alpha value is -1.29. The predicted molar refractivity (Wildman–Crippen MR) is 72.6 cm³/mol. The van der Waals surface area contributed by atoms with E-state index in [0.717, 1.165) is 18.6 Å². The molecule has 1 amide bonds. The van der Waals surface area contributed by atoms with Crippen molar-refractivity contribution in [1.82, 2.24) is 5.32 Å². The average molecular weight is 265 g/mol. The van der Waals surface area contributed by atoms with Crippen LogP contribution in [0.15, 0.2) is 22.8 Å². The summed E-state index contributed by atoms with van der Waals surface area (Å²) in [5.41, 5.74) is 0. The van der Waals surface area contributed by atoms with Crippen LogP contribution in [0.5, 0.6) is 0 Å². The lowest BCUT2D eigenvalue weighted by Gasteiger charge is -2.30. The summed E-state index contributed by atoms with van der Waals surface area (Å²) in [6, 6.07) is 3.72. The molecule has 0 aliphatic heterocycles. The third-order valence-electron chi connectivity index (χ3n) is 4.04. The fourth-order valence-corrected chi connectivity index (χ4v) is 2.82. The van der Waals surface area contributed by atoms with Gasteiger partial charge in [0.1, 0.15) is 5.76 Å². The molecule has 2 rings (SSSR count). The highest BCUT2D eigenvalue weighted by atomic mass is 16.3. The van der Waals surface area contributed by atoms with Crippen LogP contribution in [-0.4, -0.2) is 24.2 Å². The van der Waals surface area contributed by atoms with Crippen molar-refractivity contribution in [2.75, 3.05) is 13.2 Å². The molecular weight excluding hydrogens is 242 g/mol. The van der Waals surface area contributed by atoms with Gasteiger partial charge in [-0.05, 0) is 36.8 Å². The van der Waals surface area contributed by atoms with Gasteiger partial charge in [-0.2, -0.15) is 0 Å². The molecule has 1 saturated carbocycles. The van der Waals surface area contributed by atoms with E-state index in [1.165, 1.54) is 12.8 Å². The predicted octanol–water partition coefficient (Wildman–Crippen LogP) is 2.13. The monoisotopic (exact) mass is 265 g/mol. The summed E-state index contributed by atoms with van der Waals surface area (Å²) in [5.74, 6) is 1.71. The fraction of sp³-hybridized carbons (Fsp3) is 0.667. The van der Waals surface area contributed by atoms with Crippen molar-refractivity contribution in [2.24, 2.45) is 11.8 Å². The maximum Gasteiger partial charge on any atom is 0.220 e. The number of nitrogens with one attached hydrogen (secondary N) is 1. The Labute approximate surface area is 114 Å². The Bertz CT molecular complexity index is 375. The largest absolute Gasteiger partial charge is 0.469 e. The lowest BCUT2D eigenvalue weighted by Crippen LogP contribution is -2.35. The summed E-state index contributed by atoms with van der Waals surface area (Å²) in [6.07, 6.45) is 7.35. The molecule has 19 heavy (non-hydrogen) atoms. The van der Waals surface area contributed by atoms with E-state index in [0.29, 0.717) is 31.2 Å². The number of carbonyl (C=O) groups excluding carboxylic acids is 1. The van der Waals surface area contributed by atoms with Crippen LogP contribution >= 0.6 is 0 Å². The van der Waals surface area contributed by atoms with Crippen molar-refractivity contribution in [2.45, 2.75) is 38.5 Å². The number of carbonyl (C=O) groups is 1. The summed E-state index contributed by atoms with van der Waals surface area (Å²) < 4.78 is 5.20. The minimum atomic E-state index is 0.0682. The van der Waals surface area contributed by atoms with Gasteiger partial charge in [-0.15, -0.1) is 0 Å². The van der Waals surface area contributed by atoms with Gasteiger partial charge >= 0.3 is 0 Å². The van der Waals surface area contributed by atoms with Crippen LogP contribution in [0.3, 0.4) is 0 Å². The molecular formula is C15H23NO3. The number of hydrogen-bond donors (Lipinski definition) is 2. The molecule has 0 radical (unpaired) electrons. The first-order valence-corrected chi connectivity index (χ1v) is 7.19. The topological polar surface area (TPSA) is 62.5 Å². The number of rotatable bonds is 6. The van der Waals surface area contributed by atoms with Gasteiger partial charge in [-0.25, -0.2) is 0 Å². The van der Waals surface area contributed by atoms with Crippen LogP contribution in [0, 0.1) is 11.8 Å². The molecule has 1 fully saturated rings. The molecule has 106 valence electrons. The summed E-state index contributed by atoms with van der Waals surface area (Å²) in [7, 11) is 0. The van der Waals surface area contributed by atoms with Crippen molar-refractivity contribution in [3.8, 4) is 0 Å². The zero-order valence-electron chi connectivity index (χ0n) is 11.3. The summed E-state index contributed by atoms with van der Waals surface area (Å²) >= 11 is 0. The summed E-state index contributed by atoms with van der Waals surface area (Å²) in [6.45, 7) is 0.940. The Morgan fingerprint density at radius 2 is 2.16 bits per heavy atom. The number of amides is 1. The molecule has 2 unspecified atom stereocenters. The van der Waals surface area contributed by atoms with E-state index in [-0.39, 0.29) is 12.5 Å². The first-order chi connectivity index (χ1) is 9.29. The third-order valence-corrected chi connectivity index (χ3v) is 4.04. The second kappa shape index (κ2) is 7.34. The lowest BCUT2D eigenvalue weighted by molar-refractivity contribution is -0.121. The molecule has 0 saturated heterocycles. The first-order valence-electron chi connectivity index (χ1n) is 7.19. The Kier molecular flexibility index (Phi) is 5.45. The second-order valence-corrected chi connectivity index (χ2v) is 5.37. The number of aliphatic hydroxyl groups excluding tert-OH is 1. The van der Waals surface area contributed by atoms with Gasteiger partial charge in [0.05, 0.1) is 6.26 Å². The van der Waals surface area contributed by atoms with Gasteiger partial charge in [0.25, 0.3) is 0 Å². The van der Waals surface area contributed by atoms with Crippen LogP contribution < -0.4 is 5.32 Å². The Morgan fingerprint density at radius 3 is 2.84 bits per heavy atom. The normalized spacial score (nSPS) is 23.2. The molecule has 0 aromatic carbocycles. The van der Waals surface area contributed by atoms with Crippen LogP contribution in [0.2, 0.25) is 0 Å². The van der Waals surface area contributed by atoms with Gasteiger partial charge in [-0.3, -0.25) is 4.79 Å². The molecule has 4 heteroatoms. The highest BCUT2D eigenvalue weighted by Gasteiger charge is 2.24. The van der Waals surface area contributed by atoms with Gasteiger partial charge in [0.2, 0.25) is 5.91 Å². The van der Waals surface area contributed by atoms with E-state index in [1.807, 2.05) is 12.1 Å². The molecule has 2 atom stereocenters. The fourth-order valence-electron chi connectivity index (χ4n) is 2.82.